The van der Waals surface area contributed by atoms with Gasteiger partial charge in [0.2, 0.25) is 11.9 Å². The fourth-order valence-electron chi connectivity index (χ4n) is 2.89. The molecular formula is C21H20ClN5O3S. The van der Waals surface area contributed by atoms with Gasteiger partial charge in [-0.2, -0.15) is 0 Å². The Labute approximate surface area is 187 Å². The minimum Gasteiger partial charge on any atom is -0.461 e. The topological polar surface area (TPSA) is 112 Å². The third-order valence-electron chi connectivity index (χ3n) is 4.92. The molecule has 0 bridgehead atoms. The third-order valence-corrected chi connectivity index (χ3v) is 6.09. The monoisotopic (exact) mass is 457 g/mol. The summed E-state index contributed by atoms with van der Waals surface area (Å²) in [6, 6.07) is 10.6. The quantitative estimate of drug-likeness (QED) is 0.418. The Kier molecular flexibility index (Phi) is 5.32. The van der Waals surface area contributed by atoms with Crippen LogP contribution in [0, 0.1) is 5.41 Å². The molecule has 0 aliphatic rings. The zero-order valence-electron chi connectivity index (χ0n) is 17.1. The Bertz CT molecular complexity index is 1330. The molecule has 0 unspecified atom stereocenters. The molecule has 8 nitrogen and oxygen atoms in total. The average molecular weight is 458 g/mol. The van der Waals surface area contributed by atoms with Gasteiger partial charge in [0.1, 0.15) is 6.61 Å². The minimum atomic E-state index is -0.941. The van der Waals surface area contributed by atoms with Crippen molar-refractivity contribution >= 4 is 67.1 Å². The minimum absolute atomic E-state index is 0.101. The number of nitrogens with two attached hydrogens (primary N) is 1. The van der Waals surface area contributed by atoms with Crippen LogP contribution in [0.5, 0.6) is 0 Å². The third kappa shape index (κ3) is 4.19. The molecule has 10 heteroatoms. The van der Waals surface area contributed by atoms with Crippen LogP contribution in [-0.4, -0.2) is 33.0 Å². The van der Waals surface area contributed by atoms with E-state index in [1.54, 1.807) is 38.1 Å². The number of amides is 1. The SMILES string of the molecule is Cn1c(Nc2nc3ccc(Cl)cc3s2)nc2cc(C(=O)OCC(C)(C)C(N)=O)ccc21. The Morgan fingerprint density at radius 1 is 1.19 bits per heavy atom. The molecule has 4 rings (SSSR count). The highest BCUT2D eigenvalue weighted by Gasteiger charge is 2.27. The van der Waals surface area contributed by atoms with Crippen molar-refractivity contribution < 1.29 is 14.3 Å². The number of nitrogens with zero attached hydrogens (tertiary/aromatic N) is 3. The van der Waals surface area contributed by atoms with Crippen molar-refractivity contribution in [1.82, 2.24) is 14.5 Å². The number of fused-ring (bicyclic) bond motifs is 2. The van der Waals surface area contributed by atoms with Gasteiger partial charge in [-0.15, -0.1) is 0 Å². The summed E-state index contributed by atoms with van der Waals surface area (Å²) >= 11 is 7.52. The molecule has 3 N–H and O–H groups in total. The van der Waals surface area contributed by atoms with Crippen LogP contribution >= 0.6 is 22.9 Å². The number of primary amides is 1. The number of benzene rings is 2. The molecule has 0 radical (unpaired) electrons. The number of hydrogen-bond donors (Lipinski definition) is 2. The molecule has 0 aliphatic heterocycles. The van der Waals surface area contributed by atoms with Crippen LogP contribution in [0.2, 0.25) is 5.02 Å². The van der Waals surface area contributed by atoms with E-state index in [4.69, 9.17) is 22.1 Å². The van der Waals surface area contributed by atoms with Crippen LogP contribution in [0.15, 0.2) is 36.4 Å². The molecule has 2 heterocycles. The lowest BCUT2D eigenvalue weighted by atomic mass is 9.94. The molecule has 0 atom stereocenters. The largest absolute Gasteiger partial charge is 0.461 e. The summed E-state index contributed by atoms with van der Waals surface area (Å²) in [6.45, 7) is 3.15. The van der Waals surface area contributed by atoms with Crippen molar-refractivity contribution in [3.05, 3.63) is 47.0 Å². The van der Waals surface area contributed by atoms with Gasteiger partial charge in [0.15, 0.2) is 5.13 Å². The number of hydrogen-bond acceptors (Lipinski definition) is 7. The molecule has 0 fully saturated rings. The van der Waals surface area contributed by atoms with Crippen LogP contribution in [0.4, 0.5) is 11.1 Å². The van der Waals surface area contributed by atoms with E-state index in [0.29, 0.717) is 27.2 Å². The van der Waals surface area contributed by atoms with Gasteiger partial charge in [-0.05, 0) is 50.2 Å². The van der Waals surface area contributed by atoms with Crippen molar-refractivity contribution in [2.75, 3.05) is 11.9 Å². The van der Waals surface area contributed by atoms with Crippen molar-refractivity contribution in [2.24, 2.45) is 18.2 Å². The number of rotatable bonds is 6. The van der Waals surface area contributed by atoms with Crippen molar-refractivity contribution in [2.45, 2.75) is 13.8 Å². The zero-order chi connectivity index (χ0) is 22.3. The fourth-order valence-corrected chi connectivity index (χ4v) is 4.02. The van der Waals surface area contributed by atoms with E-state index in [1.165, 1.54) is 11.3 Å². The summed E-state index contributed by atoms with van der Waals surface area (Å²) in [5, 5.41) is 4.57. The van der Waals surface area contributed by atoms with E-state index in [1.807, 2.05) is 23.7 Å². The second-order valence-electron chi connectivity index (χ2n) is 7.78. The predicted molar refractivity (Wildman–Crippen MR) is 122 cm³/mol. The molecule has 160 valence electrons. The zero-order valence-corrected chi connectivity index (χ0v) is 18.7. The number of carbonyl (C=O) groups excluding carboxylic acids is 2. The lowest BCUT2D eigenvalue weighted by molar-refractivity contribution is -0.127. The molecule has 0 aliphatic carbocycles. The van der Waals surface area contributed by atoms with Gasteiger partial charge >= 0.3 is 5.97 Å². The van der Waals surface area contributed by atoms with Gasteiger partial charge in [0.05, 0.1) is 32.2 Å². The van der Waals surface area contributed by atoms with Gasteiger partial charge in [-0.25, -0.2) is 14.8 Å². The number of aromatic nitrogens is 3. The van der Waals surface area contributed by atoms with Gasteiger partial charge in [0, 0.05) is 12.1 Å². The number of imidazole rings is 1. The van der Waals surface area contributed by atoms with Gasteiger partial charge < -0.3 is 20.4 Å². The first-order valence-corrected chi connectivity index (χ1v) is 10.6. The molecule has 4 aromatic rings. The molecule has 1 amide bonds. The van der Waals surface area contributed by atoms with E-state index < -0.39 is 17.3 Å². The maximum Gasteiger partial charge on any atom is 0.338 e. The highest BCUT2D eigenvalue weighted by atomic mass is 35.5. The number of carbonyl (C=O) groups is 2. The Morgan fingerprint density at radius 2 is 1.97 bits per heavy atom. The summed E-state index contributed by atoms with van der Waals surface area (Å²) in [7, 11) is 1.87. The van der Waals surface area contributed by atoms with Crippen molar-refractivity contribution in [3.8, 4) is 0 Å². The lowest BCUT2D eigenvalue weighted by Crippen LogP contribution is -2.36. The second-order valence-corrected chi connectivity index (χ2v) is 9.25. The number of halogens is 1. The Balaban J connectivity index is 1.57. The average Bonchev–Trinajstić information content (AvgIpc) is 3.25. The Hall–Kier alpha value is -3.17. The van der Waals surface area contributed by atoms with E-state index in [9.17, 15) is 9.59 Å². The number of esters is 1. The lowest BCUT2D eigenvalue weighted by Gasteiger charge is -2.19. The predicted octanol–water partition coefficient (Wildman–Crippen LogP) is 4.25. The molecule has 2 aromatic heterocycles. The smallest absolute Gasteiger partial charge is 0.338 e. The maximum absolute atomic E-state index is 12.4. The molecule has 0 spiro atoms. The van der Waals surface area contributed by atoms with E-state index in [0.717, 1.165) is 15.7 Å². The molecule has 31 heavy (non-hydrogen) atoms. The number of nitrogens with one attached hydrogen (secondary N) is 1. The standard InChI is InChI=1S/C21H20ClN5O3S/c1-21(2,18(23)29)10-30-17(28)11-4-7-15-14(8-11)24-19(27(15)3)26-20-25-13-6-5-12(22)9-16(13)31-20/h4-9H,10H2,1-3H3,(H2,23,29)(H,24,25,26). The molecule has 0 saturated carbocycles. The van der Waals surface area contributed by atoms with Gasteiger partial charge in [0.25, 0.3) is 0 Å². The van der Waals surface area contributed by atoms with E-state index in [-0.39, 0.29) is 6.61 Å². The van der Waals surface area contributed by atoms with Crippen molar-refractivity contribution in [1.29, 1.82) is 0 Å². The van der Waals surface area contributed by atoms with Crippen molar-refractivity contribution in [3.63, 3.8) is 0 Å². The number of thiazole rings is 1. The first-order chi connectivity index (χ1) is 14.6. The molecule has 2 aromatic carbocycles. The maximum atomic E-state index is 12.4. The summed E-state index contributed by atoms with van der Waals surface area (Å²) < 4.78 is 8.11. The fraction of sp³-hybridized carbons (Fsp3) is 0.238. The molecule has 0 saturated heterocycles. The summed E-state index contributed by atoms with van der Waals surface area (Å²) in [5.74, 6) is -0.492. The summed E-state index contributed by atoms with van der Waals surface area (Å²) in [5.41, 5.74) is 7.03. The highest BCUT2D eigenvalue weighted by Crippen LogP contribution is 2.31. The summed E-state index contributed by atoms with van der Waals surface area (Å²) in [4.78, 5) is 33.0. The van der Waals surface area contributed by atoms with Crippen LogP contribution in [0.3, 0.4) is 0 Å². The highest BCUT2D eigenvalue weighted by molar-refractivity contribution is 7.22. The first-order valence-electron chi connectivity index (χ1n) is 9.41. The van der Waals surface area contributed by atoms with E-state index >= 15 is 0 Å². The Morgan fingerprint density at radius 3 is 2.71 bits per heavy atom. The molecular weight excluding hydrogens is 438 g/mol. The van der Waals surface area contributed by atoms with Gasteiger partial charge in [-0.1, -0.05) is 22.9 Å². The number of anilines is 2. The van der Waals surface area contributed by atoms with Crippen LogP contribution in [-0.2, 0) is 16.6 Å². The number of ether oxygens (including phenoxy) is 1. The summed E-state index contributed by atoms with van der Waals surface area (Å²) in [6.07, 6.45) is 0. The number of aryl methyl sites for hydroxylation is 1. The van der Waals surface area contributed by atoms with Gasteiger partial charge in [-0.3, -0.25) is 4.79 Å². The van der Waals surface area contributed by atoms with Crippen LogP contribution in [0.25, 0.3) is 21.3 Å². The van der Waals surface area contributed by atoms with Crippen LogP contribution < -0.4 is 11.1 Å². The second kappa shape index (κ2) is 7.82. The van der Waals surface area contributed by atoms with E-state index in [2.05, 4.69) is 15.3 Å². The first kappa shape index (κ1) is 21.1. The van der Waals surface area contributed by atoms with Crippen LogP contribution in [0.1, 0.15) is 24.2 Å². The normalized spacial score (nSPS) is 11.7.